The van der Waals surface area contributed by atoms with Crippen molar-refractivity contribution in [3.05, 3.63) is 46.8 Å². The maximum atomic E-state index is 12.5. The van der Waals surface area contributed by atoms with E-state index >= 15 is 0 Å². The summed E-state index contributed by atoms with van der Waals surface area (Å²) in [5.74, 6) is 0. The van der Waals surface area contributed by atoms with Crippen molar-refractivity contribution >= 4 is 10.0 Å². The predicted molar refractivity (Wildman–Crippen MR) is 70.2 cm³/mol. The summed E-state index contributed by atoms with van der Waals surface area (Å²) in [5, 5.41) is 3.90. The third kappa shape index (κ3) is 2.06. The van der Waals surface area contributed by atoms with Crippen LogP contribution in [0.1, 0.15) is 22.3 Å². The van der Waals surface area contributed by atoms with Gasteiger partial charge in [0.25, 0.3) is 10.0 Å². The number of nitrogens with zero attached hydrogens (tertiary/aromatic N) is 2. The zero-order valence-electron chi connectivity index (χ0n) is 10.9. The van der Waals surface area contributed by atoms with Crippen molar-refractivity contribution in [3.63, 3.8) is 0 Å². The number of aryl methyl sites for hydroxylation is 4. The lowest BCUT2D eigenvalue weighted by atomic mass is 10.1. The van der Waals surface area contributed by atoms with E-state index < -0.39 is 10.0 Å². The van der Waals surface area contributed by atoms with Gasteiger partial charge in [0, 0.05) is 6.20 Å². The molecule has 0 amide bonds. The van der Waals surface area contributed by atoms with Crippen LogP contribution in [0.4, 0.5) is 0 Å². The monoisotopic (exact) mass is 264 g/mol. The summed E-state index contributed by atoms with van der Waals surface area (Å²) < 4.78 is 26.0. The van der Waals surface area contributed by atoms with E-state index in [2.05, 4.69) is 5.10 Å². The highest BCUT2D eigenvalue weighted by Gasteiger charge is 2.22. The summed E-state index contributed by atoms with van der Waals surface area (Å²) in [6.07, 6.45) is 3.06. The van der Waals surface area contributed by atoms with Crippen LogP contribution in [0.2, 0.25) is 0 Å². The molecule has 0 aliphatic carbocycles. The summed E-state index contributed by atoms with van der Waals surface area (Å²) in [5.41, 5.74) is 3.38. The van der Waals surface area contributed by atoms with E-state index in [9.17, 15) is 8.42 Å². The van der Waals surface area contributed by atoms with Crippen molar-refractivity contribution in [2.75, 3.05) is 0 Å². The Bertz CT molecular complexity index is 677. The molecule has 1 heterocycles. The molecule has 0 spiro atoms. The molecule has 4 nitrogen and oxygen atoms in total. The lowest BCUT2D eigenvalue weighted by Crippen LogP contribution is -2.16. The first kappa shape index (κ1) is 12.8. The number of rotatable bonds is 2. The van der Waals surface area contributed by atoms with E-state index in [1.165, 1.54) is 12.4 Å². The van der Waals surface area contributed by atoms with Crippen LogP contribution in [0.3, 0.4) is 0 Å². The average molecular weight is 264 g/mol. The molecule has 18 heavy (non-hydrogen) atoms. The summed E-state index contributed by atoms with van der Waals surface area (Å²) in [6.45, 7) is 7.38. The van der Waals surface area contributed by atoms with Crippen molar-refractivity contribution in [2.45, 2.75) is 32.6 Å². The second-order valence-electron chi connectivity index (χ2n) is 4.62. The Morgan fingerprint density at radius 1 is 1.00 bits per heavy atom. The van der Waals surface area contributed by atoms with Crippen LogP contribution < -0.4 is 0 Å². The Kier molecular flexibility index (Phi) is 3.02. The Hall–Kier alpha value is -1.62. The lowest BCUT2D eigenvalue weighted by molar-refractivity contribution is 0.578. The van der Waals surface area contributed by atoms with Crippen molar-refractivity contribution in [2.24, 2.45) is 0 Å². The highest BCUT2D eigenvalue weighted by molar-refractivity contribution is 7.90. The molecule has 0 bridgehead atoms. The number of hydrogen-bond donors (Lipinski definition) is 0. The quantitative estimate of drug-likeness (QED) is 0.836. The van der Waals surface area contributed by atoms with Crippen molar-refractivity contribution < 1.29 is 8.42 Å². The van der Waals surface area contributed by atoms with E-state index in [0.29, 0.717) is 4.90 Å². The molecule has 2 rings (SSSR count). The van der Waals surface area contributed by atoms with Gasteiger partial charge in [0.05, 0.1) is 11.1 Å². The van der Waals surface area contributed by atoms with Crippen molar-refractivity contribution in [1.82, 2.24) is 9.19 Å². The van der Waals surface area contributed by atoms with Gasteiger partial charge in [-0.2, -0.15) is 17.6 Å². The molecular weight excluding hydrogens is 248 g/mol. The summed E-state index contributed by atoms with van der Waals surface area (Å²) in [4.78, 5) is 0.344. The normalized spacial score (nSPS) is 11.8. The minimum atomic E-state index is -3.59. The van der Waals surface area contributed by atoms with Crippen LogP contribution in [0.5, 0.6) is 0 Å². The van der Waals surface area contributed by atoms with Crippen LogP contribution in [-0.2, 0) is 10.0 Å². The van der Waals surface area contributed by atoms with E-state index in [-0.39, 0.29) is 0 Å². The standard InChI is InChI=1S/C13H16N2O2S/c1-9-5-11(3)13(12(4)6-9)18(16,17)15-8-10(2)7-14-15/h5-8H,1-4H3. The molecule has 0 aliphatic heterocycles. The molecule has 2 aromatic rings. The minimum absolute atomic E-state index is 0.344. The van der Waals surface area contributed by atoms with Gasteiger partial charge in [0.15, 0.2) is 0 Å². The van der Waals surface area contributed by atoms with Crippen molar-refractivity contribution in [1.29, 1.82) is 0 Å². The molecule has 0 saturated heterocycles. The highest BCUT2D eigenvalue weighted by Crippen LogP contribution is 2.23. The zero-order valence-corrected chi connectivity index (χ0v) is 11.7. The van der Waals surface area contributed by atoms with Gasteiger partial charge in [-0.05, 0) is 44.4 Å². The number of aromatic nitrogens is 2. The van der Waals surface area contributed by atoms with Gasteiger partial charge in [-0.25, -0.2) is 0 Å². The Morgan fingerprint density at radius 3 is 2.00 bits per heavy atom. The lowest BCUT2D eigenvalue weighted by Gasteiger charge is -2.11. The molecular formula is C13H16N2O2S. The van der Waals surface area contributed by atoms with Crippen molar-refractivity contribution in [3.8, 4) is 0 Å². The molecule has 0 fully saturated rings. The predicted octanol–water partition coefficient (Wildman–Crippen LogP) is 2.35. The van der Waals surface area contributed by atoms with Crippen LogP contribution in [0, 0.1) is 27.7 Å². The molecule has 0 N–H and O–H groups in total. The van der Waals surface area contributed by atoms with Gasteiger partial charge < -0.3 is 0 Å². The topological polar surface area (TPSA) is 52.0 Å². The van der Waals surface area contributed by atoms with Gasteiger partial charge in [-0.3, -0.25) is 0 Å². The second-order valence-corrected chi connectivity index (χ2v) is 6.36. The van der Waals surface area contributed by atoms with E-state index in [1.54, 1.807) is 0 Å². The van der Waals surface area contributed by atoms with Gasteiger partial charge in [-0.15, -0.1) is 0 Å². The van der Waals surface area contributed by atoms with Gasteiger partial charge in [-0.1, -0.05) is 17.7 Å². The van der Waals surface area contributed by atoms with Crippen LogP contribution >= 0.6 is 0 Å². The largest absolute Gasteiger partial charge is 0.283 e. The second kappa shape index (κ2) is 4.24. The fourth-order valence-corrected chi connectivity index (χ4v) is 3.78. The maximum absolute atomic E-state index is 12.5. The van der Waals surface area contributed by atoms with Gasteiger partial charge >= 0.3 is 0 Å². The molecule has 0 atom stereocenters. The molecule has 0 unspecified atom stereocenters. The van der Waals surface area contributed by atoms with Gasteiger partial charge in [0.1, 0.15) is 0 Å². The van der Waals surface area contributed by atoms with Crippen LogP contribution in [-0.4, -0.2) is 17.6 Å². The first-order valence-electron chi connectivity index (χ1n) is 5.67. The third-order valence-corrected chi connectivity index (χ3v) is 4.65. The SMILES string of the molecule is Cc1cc(C)c(S(=O)(=O)n2cc(C)cn2)c(C)c1. The Morgan fingerprint density at radius 2 is 1.56 bits per heavy atom. The first-order valence-corrected chi connectivity index (χ1v) is 7.11. The third-order valence-electron chi connectivity index (χ3n) is 2.80. The summed E-state index contributed by atoms with van der Waals surface area (Å²) in [7, 11) is -3.59. The smallest absolute Gasteiger partial charge is 0.199 e. The molecule has 1 aromatic heterocycles. The Balaban J connectivity index is 2.69. The number of benzene rings is 1. The molecule has 0 saturated carbocycles. The van der Waals surface area contributed by atoms with E-state index in [4.69, 9.17) is 0 Å². The molecule has 0 radical (unpaired) electrons. The molecule has 1 aromatic carbocycles. The van der Waals surface area contributed by atoms with Crippen LogP contribution in [0.15, 0.2) is 29.4 Å². The molecule has 5 heteroatoms. The molecule has 96 valence electrons. The first-order chi connectivity index (χ1) is 8.32. The fraction of sp³-hybridized carbons (Fsp3) is 0.308. The highest BCUT2D eigenvalue weighted by atomic mass is 32.2. The summed E-state index contributed by atoms with van der Waals surface area (Å²) in [6, 6.07) is 3.74. The zero-order chi connectivity index (χ0) is 13.5. The minimum Gasteiger partial charge on any atom is -0.199 e. The average Bonchev–Trinajstić information content (AvgIpc) is 2.63. The fourth-order valence-electron chi connectivity index (χ4n) is 2.19. The number of hydrogen-bond acceptors (Lipinski definition) is 3. The van der Waals surface area contributed by atoms with Crippen LogP contribution in [0.25, 0.3) is 0 Å². The Labute approximate surface area is 107 Å². The maximum Gasteiger partial charge on any atom is 0.283 e. The van der Waals surface area contributed by atoms with Gasteiger partial charge in [0.2, 0.25) is 0 Å². The molecule has 0 aliphatic rings. The van der Waals surface area contributed by atoms with E-state index in [0.717, 1.165) is 26.3 Å². The summed E-state index contributed by atoms with van der Waals surface area (Å²) >= 11 is 0. The van der Waals surface area contributed by atoms with E-state index in [1.807, 2.05) is 39.8 Å².